The summed E-state index contributed by atoms with van der Waals surface area (Å²) in [6.07, 6.45) is 1.63. The summed E-state index contributed by atoms with van der Waals surface area (Å²) in [5, 5.41) is 12.7. The van der Waals surface area contributed by atoms with Crippen molar-refractivity contribution in [2.24, 2.45) is 0 Å². The summed E-state index contributed by atoms with van der Waals surface area (Å²) in [6.45, 7) is 12.7. The van der Waals surface area contributed by atoms with E-state index in [1.165, 1.54) is 12.1 Å². The number of aromatic nitrogens is 3. The van der Waals surface area contributed by atoms with E-state index in [0.29, 0.717) is 44.8 Å². The summed E-state index contributed by atoms with van der Waals surface area (Å²) in [5.41, 5.74) is 8.24. The van der Waals surface area contributed by atoms with Gasteiger partial charge < -0.3 is 5.11 Å². The summed E-state index contributed by atoms with van der Waals surface area (Å²) >= 11 is 0. The first-order chi connectivity index (χ1) is 34.3. The van der Waals surface area contributed by atoms with Crippen LogP contribution < -0.4 is 0 Å². The molecule has 0 bridgehead atoms. The van der Waals surface area contributed by atoms with Crippen LogP contribution in [-0.2, 0) is 16.2 Å². The number of pyridine rings is 1. The Labute approximate surface area is 401 Å². The largest absolute Gasteiger partial charge is 0.507 e. The monoisotopic (exact) mass is 867 g/mol. The predicted octanol–water partition coefficient (Wildman–Crippen LogP) is 16.9. The van der Waals surface area contributed by atoms with E-state index in [1.807, 2.05) is 85.8 Å². The molecule has 2 aromatic heterocycles. The van der Waals surface area contributed by atoms with Crippen molar-refractivity contribution in [3.8, 4) is 67.5 Å². The maximum absolute atomic E-state index is 12.7. The Morgan fingerprint density at radius 3 is 1.80 bits per heavy atom. The third-order valence-corrected chi connectivity index (χ3v) is 12.6. The molecule has 4 nitrogen and oxygen atoms in total. The molecule has 8 aromatic rings. The number of imidazole rings is 1. The van der Waals surface area contributed by atoms with Crippen molar-refractivity contribution in [1.29, 1.82) is 0 Å². The van der Waals surface area contributed by atoms with E-state index in [1.54, 1.807) is 12.3 Å². The second kappa shape index (κ2) is 16.9. The van der Waals surface area contributed by atoms with E-state index in [-0.39, 0.29) is 23.0 Å². The molecule has 0 aliphatic carbocycles. The lowest BCUT2D eigenvalue weighted by molar-refractivity contribution is 0.446. The van der Waals surface area contributed by atoms with E-state index in [2.05, 4.69) is 104 Å². The quantitative estimate of drug-likeness (QED) is 0.166. The second-order valence-corrected chi connectivity index (χ2v) is 20.4. The van der Waals surface area contributed by atoms with Gasteiger partial charge in [0.25, 0.3) is 0 Å². The number of rotatable bonds is 8. The summed E-state index contributed by atoms with van der Waals surface area (Å²) in [5.74, 6) is 0.566. The van der Waals surface area contributed by atoms with E-state index in [4.69, 9.17) is 22.3 Å². The van der Waals surface area contributed by atoms with E-state index >= 15 is 0 Å². The summed E-state index contributed by atoms with van der Waals surface area (Å²) in [7, 11) is 0. The fourth-order valence-corrected chi connectivity index (χ4v) is 8.83. The average molecular weight is 867 g/mol. The summed E-state index contributed by atoms with van der Waals surface area (Å²) in [6, 6.07) is 40.7. The third kappa shape index (κ3) is 8.93. The van der Waals surface area contributed by atoms with E-state index in [0.717, 1.165) is 55.8 Å². The van der Waals surface area contributed by atoms with Gasteiger partial charge in [-0.15, -0.1) is 0 Å². The maximum Gasteiger partial charge on any atom is 0.149 e. The van der Waals surface area contributed by atoms with Gasteiger partial charge >= 0.3 is 0 Å². The SMILES string of the molecule is [2H]C([2H])([2H])C(c1cc(-c2cc(-c3ccc(C)cc3)ccn2)cc(-c2cccc3c2nc(-c2cc(C(C)(C)C)cc(C(C)(C)C)c2O)n3-c2c(C(C)C)cc(-c3ccccc3)cc2C(C)C)c1)(C([2H])([2H])[2H])C([2H])([2H])[2H]. The minimum Gasteiger partial charge on any atom is -0.507 e. The fourth-order valence-electron chi connectivity index (χ4n) is 8.83. The van der Waals surface area contributed by atoms with Gasteiger partial charge in [0.1, 0.15) is 11.6 Å². The number of aryl methyl sites for hydroxylation is 1. The molecule has 0 aliphatic heterocycles. The zero-order valence-corrected chi connectivity index (χ0v) is 39.6. The Kier molecular flexibility index (Phi) is 9.14. The molecule has 0 aliphatic rings. The minimum absolute atomic E-state index is 0.00877. The van der Waals surface area contributed by atoms with Gasteiger partial charge in [-0.3, -0.25) is 9.55 Å². The topological polar surface area (TPSA) is 50.9 Å². The van der Waals surface area contributed by atoms with Crippen LogP contribution in [0.3, 0.4) is 0 Å². The third-order valence-electron chi connectivity index (χ3n) is 12.6. The van der Waals surface area contributed by atoms with Crippen LogP contribution in [0, 0.1) is 6.92 Å². The normalized spacial score (nSPS) is 15.1. The zero-order chi connectivity index (χ0) is 54.2. The molecule has 0 spiro atoms. The predicted molar refractivity (Wildman–Crippen MR) is 277 cm³/mol. The van der Waals surface area contributed by atoms with Crippen molar-refractivity contribution in [1.82, 2.24) is 14.5 Å². The van der Waals surface area contributed by atoms with Crippen molar-refractivity contribution >= 4 is 11.0 Å². The van der Waals surface area contributed by atoms with Crippen LogP contribution in [0.4, 0.5) is 0 Å². The first-order valence-electron chi connectivity index (χ1n) is 27.2. The first kappa shape index (κ1) is 35.1. The molecule has 2 heterocycles. The Morgan fingerprint density at radius 2 is 1.18 bits per heavy atom. The number of hydrogen-bond acceptors (Lipinski definition) is 3. The van der Waals surface area contributed by atoms with Gasteiger partial charge in [0, 0.05) is 35.2 Å². The molecular weight excluding hydrogens is 791 g/mol. The Hall–Kier alpha value is -6.26. The molecule has 0 fully saturated rings. The van der Waals surface area contributed by atoms with Gasteiger partial charge in [0.2, 0.25) is 0 Å². The lowest BCUT2D eigenvalue weighted by Crippen LogP contribution is -2.17. The van der Waals surface area contributed by atoms with Gasteiger partial charge in [0.15, 0.2) is 0 Å². The first-order valence-corrected chi connectivity index (χ1v) is 22.7. The van der Waals surface area contributed by atoms with Gasteiger partial charge in [-0.2, -0.15) is 0 Å². The molecular formula is C61H67N3O. The summed E-state index contributed by atoms with van der Waals surface area (Å²) in [4.78, 5) is 10.3. The maximum atomic E-state index is 12.7. The van der Waals surface area contributed by atoms with Crippen molar-refractivity contribution in [3.05, 3.63) is 167 Å². The van der Waals surface area contributed by atoms with Crippen LogP contribution >= 0.6 is 0 Å². The highest BCUT2D eigenvalue weighted by atomic mass is 16.3. The van der Waals surface area contributed by atoms with Crippen LogP contribution in [0.1, 0.15) is 147 Å². The minimum atomic E-state index is -3.54. The zero-order valence-electron chi connectivity index (χ0n) is 48.6. The number of hydrogen-bond donors (Lipinski definition) is 1. The number of para-hydroxylation sites is 1. The fraction of sp³-hybridized carbons (Fsp3) is 0.311. The highest BCUT2D eigenvalue weighted by Crippen LogP contribution is 2.47. The number of fused-ring (bicyclic) bond motifs is 1. The molecule has 65 heavy (non-hydrogen) atoms. The molecule has 6 aromatic carbocycles. The van der Waals surface area contributed by atoms with Gasteiger partial charge in [-0.25, -0.2) is 4.98 Å². The molecule has 0 saturated heterocycles. The molecule has 0 atom stereocenters. The van der Waals surface area contributed by atoms with E-state index in [9.17, 15) is 5.11 Å². The van der Waals surface area contributed by atoms with Crippen LogP contribution in [0.25, 0.3) is 72.7 Å². The standard InChI is InChI=1S/C61H67N3O/c1-37(2)49-32-43(40-19-16-15-17-20-40)33-50(38(3)4)56(49)64-54-22-18-21-48(55(54)63-58(64)51-35-47(60(9,10)11)36-52(57(51)65)61(12,13)14)44-29-45(31-46(30-44)59(6,7)8)53-34-42(27-28-62-53)41-25-23-39(5)24-26-41/h15-38,65H,1-14H3/i6D3,7D3,8D3. The highest BCUT2D eigenvalue weighted by molar-refractivity contribution is 5.97. The number of aromatic hydroxyl groups is 1. The molecule has 0 amide bonds. The molecule has 8 rings (SSSR count). The van der Waals surface area contributed by atoms with Crippen LogP contribution in [-0.4, -0.2) is 19.6 Å². The summed E-state index contributed by atoms with van der Waals surface area (Å²) < 4.78 is 81.6. The van der Waals surface area contributed by atoms with Crippen molar-refractivity contribution in [2.45, 2.75) is 125 Å². The Bertz CT molecular complexity index is 3320. The van der Waals surface area contributed by atoms with Crippen LogP contribution in [0.5, 0.6) is 5.75 Å². The van der Waals surface area contributed by atoms with Crippen LogP contribution in [0.2, 0.25) is 0 Å². The smallest absolute Gasteiger partial charge is 0.149 e. The lowest BCUT2D eigenvalue weighted by Gasteiger charge is -2.28. The number of phenolic OH excluding ortho intramolecular Hbond substituents is 1. The Balaban J connectivity index is 1.56. The molecule has 332 valence electrons. The van der Waals surface area contributed by atoms with Gasteiger partial charge in [-0.05, 0) is 134 Å². The van der Waals surface area contributed by atoms with Gasteiger partial charge in [-0.1, -0.05) is 174 Å². The number of phenols is 1. The van der Waals surface area contributed by atoms with Crippen molar-refractivity contribution < 1.29 is 17.4 Å². The van der Waals surface area contributed by atoms with Gasteiger partial charge in [0.05, 0.1) is 28.0 Å². The number of nitrogens with zero attached hydrogens (tertiary/aromatic N) is 3. The molecule has 4 heteroatoms. The molecule has 1 N–H and O–H groups in total. The lowest BCUT2D eigenvalue weighted by atomic mass is 9.78. The average Bonchev–Trinajstić information content (AvgIpc) is 3.69. The van der Waals surface area contributed by atoms with Crippen molar-refractivity contribution in [3.63, 3.8) is 0 Å². The molecule has 0 radical (unpaired) electrons. The molecule has 0 saturated carbocycles. The Morgan fingerprint density at radius 1 is 0.554 bits per heavy atom. The van der Waals surface area contributed by atoms with Crippen molar-refractivity contribution in [2.75, 3.05) is 0 Å². The number of benzene rings is 6. The van der Waals surface area contributed by atoms with Crippen LogP contribution in [0.15, 0.2) is 134 Å². The molecule has 0 unspecified atom stereocenters. The van der Waals surface area contributed by atoms with E-state index < -0.39 is 36.9 Å². The second-order valence-electron chi connectivity index (χ2n) is 20.4. The highest BCUT2D eigenvalue weighted by Gasteiger charge is 2.31.